The van der Waals surface area contributed by atoms with Crippen molar-refractivity contribution in [3.63, 3.8) is 0 Å². The van der Waals surface area contributed by atoms with Gasteiger partial charge in [-0.25, -0.2) is 5.84 Å². The van der Waals surface area contributed by atoms with E-state index in [1.807, 2.05) is 12.1 Å². The summed E-state index contributed by atoms with van der Waals surface area (Å²) >= 11 is 0. The van der Waals surface area contributed by atoms with Crippen molar-refractivity contribution in [2.75, 3.05) is 6.61 Å². The number of carbonyl (C=O) groups excluding carboxylic acids is 1. The minimum atomic E-state index is -0.104. The summed E-state index contributed by atoms with van der Waals surface area (Å²) < 4.78 is 5.65. The number of hydrogen-bond acceptors (Lipinski definition) is 3. The van der Waals surface area contributed by atoms with Gasteiger partial charge in [0.1, 0.15) is 5.75 Å². The van der Waals surface area contributed by atoms with Gasteiger partial charge in [0, 0.05) is 6.42 Å². The molecule has 4 nitrogen and oxygen atoms in total. The van der Waals surface area contributed by atoms with Crippen molar-refractivity contribution in [3.05, 3.63) is 29.8 Å². The molecule has 0 heterocycles. The molecule has 0 spiro atoms. The summed E-state index contributed by atoms with van der Waals surface area (Å²) in [5.74, 6) is 5.81. The van der Waals surface area contributed by atoms with Gasteiger partial charge < -0.3 is 4.74 Å². The normalized spacial score (nSPS) is 10.2. The second kappa shape index (κ2) is 9.39. The molecule has 0 aliphatic rings. The molecule has 1 aromatic rings. The van der Waals surface area contributed by atoms with Gasteiger partial charge in [0.15, 0.2) is 0 Å². The maximum Gasteiger partial charge on any atom is 0.233 e. The molecule has 1 amide bonds. The molecule has 0 saturated heterocycles. The number of amides is 1. The van der Waals surface area contributed by atoms with Gasteiger partial charge in [0.2, 0.25) is 5.91 Å². The molecule has 0 aromatic heterocycles. The number of rotatable bonds is 9. The summed E-state index contributed by atoms with van der Waals surface area (Å²) in [5, 5.41) is 0. The van der Waals surface area contributed by atoms with Gasteiger partial charge in [0.05, 0.1) is 6.61 Å². The number of nitrogens with one attached hydrogen (secondary N) is 1. The quantitative estimate of drug-likeness (QED) is 0.312. The number of ether oxygens (including phenoxy) is 1. The lowest BCUT2D eigenvalue weighted by atomic mass is 10.1. The van der Waals surface area contributed by atoms with Crippen LogP contribution in [0.5, 0.6) is 5.75 Å². The van der Waals surface area contributed by atoms with Crippen LogP contribution in [-0.4, -0.2) is 12.5 Å². The first-order chi connectivity index (χ1) is 9.26. The van der Waals surface area contributed by atoms with Gasteiger partial charge >= 0.3 is 0 Å². The SMILES string of the molecule is CCCc1ccc(OCCCCCC(=O)NN)cc1. The first kappa shape index (κ1) is 15.5. The highest BCUT2D eigenvalue weighted by atomic mass is 16.5. The highest BCUT2D eigenvalue weighted by Crippen LogP contribution is 2.14. The van der Waals surface area contributed by atoms with Crippen LogP contribution >= 0.6 is 0 Å². The average Bonchev–Trinajstić information content (AvgIpc) is 2.44. The highest BCUT2D eigenvalue weighted by Gasteiger charge is 1.98. The Hall–Kier alpha value is -1.55. The second-order valence-corrected chi connectivity index (χ2v) is 4.62. The third kappa shape index (κ3) is 6.82. The van der Waals surface area contributed by atoms with E-state index < -0.39 is 0 Å². The van der Waals surface area contributed by atoms with Crippen molar-refractivity contribution in [3.8, 4) is 5.75 Å². The van der Waals surface area contributed by atoms with Gasteiger partial charge in [-0.1, -0.05) is 25.5 Å². The molecule has 0 saturated carbocycles. The van der Waals surface area contributed by atoms with E-state index in [4.69, 9.17) is 10.6 Å². The van der Waals surface area contributed by atoms with Crippen molar-refractivity contribution in [1.29, 1.82) is 0 Å². The maximum absolute atomic E-state index is 10.9. The predicted octanol–water partition coefficient (Wildman–Crippen LogP) is 2.57. The zero-order valence-electron chi connectivity index (χ0n) is 11.7. The van der Waals surface area contributed by atoms with E-state index in [9.17, 15) is 4.79 Å². The molecule has 3 N–H and O–H groups in total. The number of benzene rings is 1. The standard InChI is InChI=1S/C15H24N2O2/c1-2-6-13-8-10-14(11-9-13)19-12-5-3-4-7-15(18)17-16/h8-11H,2-7,12,16H2,1H3,(H,17,18). The second-order valence-electron chi connectivity index (χ2n) is 4.62. The number of carbonyl (C=O) groups is 1. The molecule has 19 heavy (non-hydrogen) atoms. The monoisotopic (exact) mass is 264 g/mol. The Labute approximate surface area is 115 Å². The Morgan fingerprint density at radius 3 is 2.58 bits per heavy atom. The van der Waals surface area contributed by atoms with Crippen molar-refractivity contribution in [2.45, 2.75) is 45.4 Å². The van der Waals surface area contributed by atoms with Crippen molar-refractivity contribution in [2.24, 2.45) is 5.84 Å². The average molecular weight is 264 g/mol. The van der Waals surface area contributed by atoms with Crippen LogP contribution in [0, 0.1) is 0 Å². The zero-order chi connectivity index (χ0) is 13.9. The smallest absolute Gasteiger partial charge is 0.233 e. The van der Waals surface area contributed by atoms with Crippen molar-refractivity contribution >= 4 is 5.91 Å². The van der Waals surface area contributed by atoms with Crippen LogP contribution in [0.25, 0.3) is 0 Å². The fourth-order valence-electron chi connectivity index (χ4n) is 1.87. The van der Waals surface area contributed by atoms with Gasteiger partial charge in [-0.2, -0.15) is 0 Å². The minimum absolute atomic E-state index is 0.104. The lowest BCUT2D eigenvalue weighted by Crippen LogP contribution is -2.29. The summed E-state index contributed by atoms with van der Waals surface area (Å²) in [7, 11) is 0. The fourth-order valence-corrected chi connectivity index (χ4v) is 1.87. The van der Waals surface area contributed by atoms with Crippen LogP contribution in [-0.2, 0) is 11.2 Å². The summed E-state index contributed by atoms with van der Waals surface area (Å²) in [4.78, 5) is 10.9. The molecule has 0 unspecified atom stereocenters. The zero-order valence-corrected chi connectivity index (χ0v) is 11.7. The molecular formula is C15H24N2O2. The molecule has 4 heteroatoms. The Bertz CT molecular complexity index is 363. The third-order valence-electron chi connectivity index (χ3n) is 2.94. The van der Waals surface area contributed by atoms with E-state index in [0.717, 1.165) is 37.9 Å². The molecule has 0 bridgehead atoms. The molecule has 0 aliphatic heterocycles. The molecule has 0 fully saturated rings. The summed E-state index contributed by atoms with van der Waals surface area (Å²) in [6, 6.07) is 8.27. The lowest BCUT2D eigenvalue weighted by Gasteiger charge is -2.07. The van der Waals surface area contributed by atoms with Crippen LogP contribution < -0.4 is 16.0 Å². The van der Waals surface area contributed by atoms with Crippen LogP contribution in [0.3, 0.4) is 0 Å². The molecule has 1 aromatic carbocycles. The molecule has 0 aliphatic carbocycles. The van der Waals surface area contributed by atoms with Crippen LogP contribution in [0.1, 0.15) is 44.6 Å². The lowest BCUT2D eigenvalue weighted by molar-refractivity contribution is -0.121. The number of aryl methyl sites for hydroxylation is 1. The van der Waals surface area contributed by atoms with E-state index in [0.29, 0.717) is 13.0 Å². The maximum atomic E-state index is 10.9. The predicted molar refractivity (Wildman–Crippen MR) is 76.7 cm³/mol. The van der Waals surface area contributed by atoms with Gasteiger partial charge in [-0.15, -0.1) is 0 Å². The Balaban J connectivity index is 2.10. The van der Waals surface area contributed by atoms with E-state index in [1.54, 1.807) is 0 Å². The number of unbranched alkanes of at least 4 members (excludes halogenated alkanes) is 2. The number of nitrogens with two attached hydrogens (primary N) is 1. The van der Waals surface area contributed by atoms with E-state index in [-0.39, 0.29) is 5.91 Å². The summed E-state index contributed by atoms with van der Waals surface area (Å²) in [5.41, 5.74) is 3.48. The summed E-state index contributed by atoms with van der Waals surface area (Å²) in [6.07, 6.45) is 5.54. The largest absolute Gasteiger partial charge is 0.494 e. The van der Waals surface area contributed by atoms with Crippen LogP contribution in [0.4, 0.5) is 0 Å². The first-order valence-corrected chi connectivity index (χ1v) is 6.97. The Morgan fingerprint density at radius 2 is 1.95 bits per heavy atom. The first-order valence-electron chi connectivity index (χ1n) is 6.97. The van der Waals surface area contributed by atoms with Crippen molar-refractivity contribution in [1.82, 2.24) is 5.43 Å². The number of hydrogen-bond donors (Lipinski definition) is 2. The van der Waals surface area contributed by atoms with Crippen LogP contribution in [0.15, 0.2) is 24.3 Å². The van der Waals surface area contributed by atoms with Crippen molar-refractivity contribution < 1.29 is 9.53 Å². The molecule has 1 rings (SSSR count). The van der Waals surface area contributed by atoms with E-state index in [2.05, 4.69) is 24.5 Å². The van der Waals surface area contributed by atoms with Gasteiger partial charge in [-0.3, -0.25) is 10.2 Å². The van der Waals surface area contributed by atoms with Gasteiger partial charge in [-0.05, 0) is 43.4 Å². The van der Waals surface area contributed by atoms with Gasteiger partial charge in [0.25, 0.3) is 0 Å². The summed E-state index contributed by atoms with van der Waals surface area (Å²) in [6.45, 7) is 2.87. The Kier molecular flexibility index (Phi) is 7.66. The van der Waals surface area contributed by atoms with Crippen LogP contribution in [0.2, 0.25) is 0 Å². The van der Waals surface area contributed by atoms with E-state index >= 15 is 0 Å². The third-order valence-corrected chi connectivity index (χ3v) is 2.94. The number of hydrazine groups is 1. The molecule has 106 valence electrons. The molecule has 0 atom stereocenters. The molecular weight excluding hydrogens is 240 g/mol. The Morgan fingerprint density at radius 1 is 1.21 bits per heavy atom. The minimum Gasteiger partial charge on any atom is -0.494 e. The fraction of sp³-hybridized carbons (Fsp3) is 0.533. The highest BCUT2D eigenvalue weighted by molar-refractivity contribution is 5.74. The topological polar surface area (TPSA) is 64.3 Å². The molecule has 0 radical (unpaired) electrons. The van der Waals surface area contributed by atoms with E-state index in [1.165, 1.54) is 5.56 Å².